The van der Waals surface area contributed by atoms with Gasteiger partial charge in [0.1, 0.15) is 0 Å². The first-order valence-electron chi connectivity index (χ1n) is 9.60. The fourth-order valence-corrected chi connectivity index (χ4v) is 4.06. The maximum absolute atomic E-state index is 12.6. The molecule has 6 heteroatoms. The molecular weight excluding hydrogens is 326 g/mol. The van der Waals surface area contributed by atoms with E-state index in [1.54, 1.807) is 0 Å². The van der Waals surface area contributed by atoms with Crippen molar-refractivity contribution < 1.29 is 0 Å². The first-order valence-corrected chi connectivity index (χ1v) is 9.60. The zero-order valence-electron chi connectivity index (χ0n) is 15.7. The molecule has 1 saturated heterocycles. The van der Waals surface area contributed by atoms with Crippen LogP contribution in [0.15, 0.2) is 23.0 Å². The molecule has 0 amide bonds. The number of aromatic nitrogens is 3. The summed E-state index contributed by atoms with van der Waals surface area (Å²) < 4.78 is 0. The molecule has 0 aliphatic carbocycles. The van der Waals surface area contributed by atoms with Gasteiger partial charge in [0.05, 0.1) is 11.4 Å². The third kappa shape index (κ3) is 3.65. The highest BCUT2D eigenvalue weighted by molar-refractivity contribution is 5.35. The van der Waals surface area contributed by atoms with Crippen LogP contribution in [0.1, 0.15) is 42.4 Å². The highest BCUT2D eigenvalue weighted by Crippen LogP contribution is 2.22. The van der Waals surface area contributed by atoms with Crippen molar-refractivity contribution in [1.82, 2.24) is 19.9 Å². The number of rotatable bonds is 3. The molecule has 2 aromatic rings. The van der Waals surface area contributed by atoms with Gasteiger partial charge in [0.2, 0.25) is 5.95 Å². The summed E-state index contributed by atoms with van der Waals surface area (Å²) in [5.41, 5.74) is 3.93. The number of nitrogens with zero attached hydrogens (tertiary/aromatic N) is 4. The Labute approximate surface area is 154 Å². The zero-order valence-corrected chi connectivity index (χ0v) is 15.7. The fraction of sp³-hybridized carbons (Fsp3) is 0.550. The van der Waals surface area contributed by atoms with E-state index in [1.165, 1.54) is 6.42 Å². The molecule has 0 aromatic carbocycles. The van der Waals surface area contributed by atoms with Crippen LogP contribution in [0.2, 0.25) is 0 Å². The normalized spacial score (nSPS) is 20.8. The quantitative estimate of drug-likeness (QED) is 0.917. The number of aryl methyl sites for hydroxylation is 1. The van der Waals surface area contributed by atoms with Crippen molar-refractivity contribution in [2.24, 2.45) is 5.92 Å². The third-order valence-corrected chi connectivity index (χ3v) is 5.43. The van der Waals surface area contributed by atoms with Crippen molar-refractivity contribution in [3.8, 4) is 0 Å². The maximum Gasteiger partial charge on any atom is 0.255 e. The molecule has 4 heterocycles. The van der Waals surface area contributed by atoms with Gasteiger partial charge in [-0.2, -0.15) is 0 Å². The summed E-state index contributed by atoms with van der Waals surface area (Å²) in [7, 11) is 0. The molecule has 1 fully saturated rings. The number of hydrogen-bond donors (Lipinski definition) is 1. The Morgan fingerprint density at radius 3 is 2.96 bits per heavy atom. The van der Waals surface area contributed by atoms with Gasteiger partial charge in [-0.25, -0.2) is 4.98 Å². The lowest BCUT2D eigenvalue weighted by Crippen LogP contribution is -2.39. The molecule has 1 N–H and O–H groups in total. The number of aromatic amines is 1. The monoisotopic (exact) mass is 353 g/mol. The van der Waals surface area contributed by atoms with Crippen LogP contribution in [0, 0.1) is 12.8 Å². The number of nitrogens with one attached hydrogen (secondary N) is 1. The standard InChI is InChI=1S/C20H27N5O/c1-14-5-4-9-25(11-14)20-22-18-13-24(10-8-17(18)19(26)23-20)12-16-7-3-6-15(2)21-16/h3,6-7,14H,4-5,8-13H2,1-2H3,(H,22,23,26)/t14-/m0/s1. The molecule has 2 aliphatic rings. The molecule has 0 saturated carbocycles. The minimum Gasteiger partial charge on any atom is -0.342 e. The largest absolute Gasteiger partial charge is 0.342 e. The first kappa shape index (κ1) is 17.2. The first-order chi connectivity index (χ1) is 12.6. The van der Waals surface area contributed by atoms with Crippen molar-refractivity contribution in [3.63, 3.8) is 0 Å². The summed E-state index contributed by atoms with van der Waals surface area (Å²) in [6.45, 7) is 8.60. The molecule has 138 valence electrons. The molecule has 0 unspecified atom stereocenters. The lowest BCUT2D eigenvalue weighted by molar-refractivity contribution is 0.237. The van der Waals surface area contributed by atoms with Crippen LogP contribution in [-0.4, -0.2) is 39.5 Å². The Kier molecular flexibility index (Phi) is 4.76. The van der Waals surface area contributed by atoms with Crippen molar-refractivity contribution in [2.45, 2.75) is 46.2 Å². The lowest BCUT2D eigenvalue weighted by Gasteiger charge is -2.33. The van der Waals surface area contributed by atoms with Crippen molar-refractivity contribution in [1.29, 1.82) is 0 Å². The van der Waals surface area contributed by atoms with Crippen LogP contribution in [-0.2, 0) is 19.5 Å². The van der Waals surface area contributed by atoms with E-state index >= 15 is 0 Å². The van der Waals surface area contributed by atoms with E-state index in [0.717, 1.165) is 67.6 Å². The molecule has 4 rings (SSSR count). The molecule has 2 aliphatic heterocycles. The summed E-state index contributed by atoms with van der Waals surface area (Å²) in [6.07, 6.45) is 3.16. The molecule has 26 heavy (non-hydrogen) atoms. The molecule has 2 aromatic heterocycles. The van der Waals surface area contributed by atoms with Crippen LogP contribution >= 0.6 is 0 Å². The predicted octanol–water partition coefficient (Wildman–Crippen LogP) is 2.27. The van der Waals surface area contributed by atoms with E-state index in [9.17, 15) is 4.79 Å². The number of piperidine rings is 1. The van der Waals surface area contributed by atoms with E-state index in [2.05, 4.69) is 32.8 Å². The SMILES string of the molecule is Cc1cccc(CN2CCc3c(nc(N4CCC[C@H](C)C4)[nH]c3=O)C2)n1. The number of H-pyrrole nitrogens is 1. The summed E-state index contributed by atoms with van der Waals surface area (Å²) in [5, 5.41) is 0. The Morgan fingerprint density at radius 2 is 2.15 bits per heavy atom. The van der Waals surface area contributed by atoms with Gasteiger partial charge >= 0.3 is 0 Å². The van der Waals surface area contributed by atoms with Gasteiger partial charge in [-0.3, -0.25) is 19.7 Å². The third-order valence-electron chi connectivity index (χ3n) is 5.43. The average Bonchev–Trinajstić information content (AvgIpc) is 2.61. The van der Waals surface area contributed by atoms with Gasteiger partial charge in [0, 0.05) is 44.0 Å². The minimum absolute atomic E-state index is 0.0385. The Hall–Kier alpha value is -2.21. The molecular formula is C20H27N5O. The van der Waals surface area contributed by atoms with Gasteiger partial charge in [-0.05, 0) is 44.2 Å². The molecule has 6 nitrogen and oxygen atoms in total. The van der Waals surface area contributed by atoms with E-state index in [1.807, 2.05) is 19.1 Å². The van der Waals surface area contributed by atoms with Gasteiger partial charge < -0.3 is 4.90 Å². The fourth-order valence-electron chi connectivity index (χ4n) is 4.06. The highest BCUT2D eigenvalue weighted by Gasteiger charge is 2.24. The van der Waals surface area contributed by atoms with Crippen LogP contribution in [0.3, 0.4) is 0 Å². The van der Waals surface area contributed by atoms with Gasteiger partial charge in [-0.15, -0.1) is 0 Å². The van der Waals surface area contributed by atoms with Gasteiger partial charge in [0.25, 0.3) is 5.56 Å². The van der Waals surface area contributed by atoms with E-state index < -0.39 is 0 Å². The van der Waals surface area contributed by atoms with E-state index in [4.69, 9.17) is 4.98 Å². The van der Waals surface area contributed by atoms with Crippen LogP contribution in [0.25, 0.3) is 0 Å². The Balaban J connectivity index is 1.54. The van der Waals surface area contributed by atoms with E-state index in [0.29, 0.717) is 12.5 Å². The number of pyridine rings is 1. The minimum atomic E-state index is 0.0385. The number of fused-ring (bicyclic) bond motifs is 1. The molecule has 0 radical (unpaired) electrons. The van der Waals surface area contributed by atoms with Crippen LogP contribution < -0.4 is 10.5 Å². The van der Waals surface area contributed by atoms with Crippen LogP contribution in [0.5, 0.6) is 0 Å². The van der Waals surface area contributed by atoms with Crippen molar-refractivity contribution in [3.05, 3.63) is 51.2 Å². The molecule has 1 atom stereocenters. The number of anilines is 1. The second-order valence-electron chi connectivity index (χ2n) is 7.74. The number of hydrogen-bond acceptors (Lipinski definition) is 5. The smallest absolute Gasteiger partial charge is 0.255 e. The highest BCUT2D eigenvalue weighted by atomic mass is 16.1. The summed E-state index contributed by atoms with van der Waals surface area (Å²) in [4.78, 5) is 29.6. The summed E-state index contributed by atoms with van der Waals surface area (Å²) in [6, 6.07) is 6.13. The zero-order chi connectivity index (χ0) is 18.1. The summed E-state index contributed by atoms with van der Waals surface area (Å²) >= 11 is 0. The second kappa shape index (κ2) is 7.19. The van der Waals surface area contributed by atoms with Crippen LogP contribution in [0.4, 0.5) is 5.95 Å². The second-order valence-corrected chi connectivity index (χ2v) is 7.74. The van der Waals surface area contributed by atoms with Gasteiger partial charge in [-0.1, -0.05) is 13.0 Å². The Bertz CT molecular complexity index is 846. The average molecular weight is 353 g/mol. The van der Waals surface area contributed by atoms with Gasteiger partial charge in [0.15, 0.2) is 0 Å². The van der Waals surface area contributed by atoms with Crippen molar-refractivity contribution >= 4 is 5.95 Å². The lowest BCUT2D eigenvalue weighted by atomic mass is 10.0. The Morgan fingerprint density at radius 1 is 1.27 bits per heavy atom. The molecule has 0 bridgehead atoms. The van der Waals surface area contributed by atoms with Crippen molar-refractivity contribution in [2.75, 3.05) is 24.5 Å². The van der Waals surface area contributed by atoms with E-state index in [-0.39, 0.29) is 5.56 Å². The topological polar surface area (TPSA) is 65.1 Å². The predicted molar refractivity (Wildman–Crippen MR) is 102 cm³/mol. The summed E-state index contributed by atoms with van der Waals surface area (Å²) in [5.74, 6) is 1.39. The molecule has 0 spiro atoms. The maximum atomic E-state index is 12.6.